The number of nitro benzene ring substituents is 1. The van der Waals surface area contributed by atoms with Gasteiger partial charge in [0.05, 0.1) is 4.92 Å². The Morgan fingerprint density at radius 2 is 1.78 bits per heavy atom. The molecule has 12 nitrogen and oxygen atoms in total. The van der Waals surface area contributed by atoms with Gasteiger partial charge in [0.15, 0.2) is 11.2 Å². The van der Waals surface area contributed by atoms with Gasteiger partial charge in [-0.2, -0.15) is 4.98 Å². The number of imidazole rings is 1. The molecule has 0 unspecified atom stereocenters. The predicted octanol–water partition coefficient (Wildman–Crippen LogP) is 0.344. The first-order chi connectivity index (χ1) is 15.2. The average molecular weight is 462 g/mol. The molecule has 0 radical (unpaired) electrons. The molecule has 168 valence electrons. The van der Waals surface area contributed by atoms with Crippen LogP contribution in [0.2, 0.25) is 5.28 Å². The lowest BCUT2D eigenvalue weighted by Crippen LogP contribution is -2.49. The number of aromatic nitrogens is 4. The maximum atomic E-state index is 12.9. The van der Waals surface area contributed by atoms with Crippen molar-refractivity contribution in [1.82, 2.24) is 23.6 Å². The van der Waals surface area contributed by atoms with Crippen LogP contribution in [0.25, 0.3) is 11.2 Å². The molecule has 1 aliphatic rings. The van der Waals surface area contributed by atoms with Crippen LogP contribution >= 0.6 is 11.6 Å². The van der Waals surface area contributed by atoms with E-state index in [4.69, 9.17) is 11.6 Å². The Labute approximate surface area is 186 Å². The number of hydrogen-bond donors (Lipinski definition) is 0. The Kier molecular flexibility index (Phi) is 5.46. The molecule has 0 aliphatic carbocycles. The Bertz CT molecular complexity index is 1350. The number of halogens is 1. The van der Waals surface area contributed by atoms with Crippen LogP contribution < -0.4 is 16.1 Å². The first-order valence-corrected chi connectivity index (χ1v) is 10.2. The SMILES string of the molecule is Cn1c(=O)c2c(nc(Cl)n2CC(=O)N2CCN(c3ccccc3[N+](=O)[O-])CC2)n(C)c1=O. The van der Waals surface area contributed by atoms with Gasteiger partial charge in [-0.1, -0.05) is 12.1 Å². The number of para-hydroxylation sites is 2. The molecule has 0 N–H and O–H groups in total. The highest BCUT2D eigenvalue weighted by Crippen LogP contribution is 2.28. The number of piperazine rings is 1. The van der Waals surface area contributed by atoms with Crippen molar-refractivity contribution in [3.63, 3.8) is 0 Å². The van der Waals surface area contributed by atoms with Crippen molar-refractivity contribution >= 4 is 40.0 Å². The van der Waals surface area contributed by atoms with Gasteiger partial charge in [0.1, 0.15) is 12.2 Å². The summed E-state index contributed by atoms with van der Waals surface area (Å²) in [6.45, 7) is 1.34. The summed E-state index contributed by atoms with van der Waals surface area (Å²) in [5.41, 5.74) is -0.413. The van der Waals surface area contributed by atoms with Crippen molar-refractivity contribution in [3.8, 4) is 0 Å². The second-order valence-electron chi connectivity index (χ2n) is 7.46. The number of amides is 1. The van der Waals surface area contributed by atoms with Gasteiger partial charge in [0, 0.05) is 46.3 Å². The molecule has 3 heterocycles. The van der Waals surface area contributed by atoms with E-state index >= 15 is 0 Å². The number of fused-ring (bicyclic) bond motifs is 1. The molecule has 3 aromatic rings. The van der Waals surface area contributed by atoms with E-state index in [9.17, 15) is 24.5 Å². The fourth-order valence-corrected chi connectivity index (χ4v) is 4.11. The van der Waals surface area contributed by atoms with Gasteiger partial charge < -0.3 is 9.80 Å². The van der Waals surface area contributed by atoms with E-state index in [0.29, 0.717) is 31.9 Å². The van der Waals surface area contributed by atoms with E-state index in [-0.39, 0.29) is 34.6 Å². The van der Waals surface area contributed by atoms with Crippen molar-refractivity contribution in [1.29, 1.82) is 0 Å². The number of anilines is 1. The standard InChI is InChI=1S/C19H20ClN7O5/c1-22-16-15(17(29)23(2)19(22)30)26(18(20)21-16)11-14(28)25-9-7-24(8-10-25)12-5-3-4-6-13(12)27(31)32/h3-6H,7-11H2,1-2H3. The average Bonchev–Trinajstić information content (AvgIpc) is 3.12. The zero-order chi connectivity index (χ0) is 23.2. The Morgan fingerprint density at radius 3 is 2.44 bits per heavy atom. The molecule has 2 aromatic heterocycles. The zero-order valence-electron chi connectivity index (χ0n) is 17.4. The predicted molar refractivity (Wildman–Crippen MR) is 117 cm³/mol. The van der Waals surface area contributed by atoms with Crippen LogP contribution in [0, 0.1) is 10.1 Å². The van der Waals surface area contributed by atoms with E-state index in [1.807, 2.05) is 4.90 Å². The maximum absolute atomic E-state index is 12.9. The van der Waals surface area contributed by atoms with Crippen LogP contribution in [0.3, 0.4) is 0 Å². The Hall–Kier alpha value is -3.67. The number of rotatable bonds is 4. The molecule has 0 bridgehead atoms. The quantitative estimate of drug-likeness (QED) is 0.311. The van der Waals surface area contributed by atoms with Crippen LogP contribution in [0.1, 0.15) is 0 Å². The number of nitrogens with zero attached hydrogens (tertiary/aromatic N) is 7. The molecule has 1 aliphatic heterocycles. The van der Waals surface area contributed by atoms with Gasteiger partial charge >= 0.3 is 5.69 Å². The summed E-state index contributed by atoms with van der Waals surface area (Å²) in [5.74, 6) is -0.274. The third-order valence-electron chi connectivity index (χ3n) is 5.65. The van der Waals surface area contributed by atoms with Crippen molar-refractivity contribution in [3.05, 3.63) is 60.5 Å². The van der Waals surface area contributed by atoms with Crippen LogP contribution in [0.4, 0.5) is 11.4 Å². The summed E-state index contributed by atoms with van der Waals surface area (Å²) in [5, 5.41) is 11.2. The van der Waals surface area contributed by atoms with Crippen LogP contribution in [-0.2, 0) is 25.4 Å². The minimum Gasteiger partial charge on any atom is -0.362 e. The van der Waals surface area contributed by atoms with Gasteiger partial charge in [0.25, 0.3) is 11.2 Å². The van der Waals surface area contributed by atoms with E-state index in [1.54, 1.807) is 23.1 Å². The fraction of sp³-hybridized carbons (Fsp3) is 0.368. The molecule has 1 saturated heterocycles. The molecule has 13 heteroatoms. The fourth-order valence-electron chi connectivity index (χ4n) is 3.88. The summed E-state index contributed by atoms with van der Waals surface area (Å²) in [7, 11) is 2.82. The molecule has 0 spiro atoms. The first kappa shape index (κ1) is 21.6. The topological polar surface area (TPSA) is 129 Å². The highest BCUT2D eigenvalue weighted by atomic mass is 35.5. The number of hydrogen-bond acceptors (Lipinski definition) is 7. The zero-order valence-corrected chi connectivity index (χ0v) is 18.2. The summed E-state index contributed by atoms with van der Waals surface area (Å²) >= 11 is 6.20. The minimum absolute atomic E-state index is 0.0189. The largest absolute Gasteiger partial charge is 0.362 e. The molecule has 1 aromatic carbocycles. The molecule has 32 heavy (non-hydrogen) atoms. The van der Waals surface area contributed by atoms with Crippen LogP contribution in [-0.4, -0.2) is 60.6 Å². The highest BCUT2D eigenvalue weighted by molar-refractivity contribution is 6.29. The third-order valence-corrected chi connectivity index (χ3v) is 5.93. The van der Waals surface area contributed by atoms with Crippen molar-refractivity contribution in [2.24, 2.45) is 14.1 Å². The monoisotopic (exact) mass is 461 g/mol. The highest BCUT2D eigenvalue weighted by Gasteiger charge is 2.27. The minimum atomic E-state index is -0.587. The summed E-state index contributed by atoms with van der Waals surface area (Å²) < 4.78 is 3.44. The number of carbonyl (C=O) groups is 1. The molecule has 1 amide bonds. The lowest BCUT2D eigenvalue weighted by molar-refractivity contribution is -0.384. The first-order valence-electron chi connectivity index (χ1n) is 9.78. The maximum Gasteiger partial charge on any atom is 0.332 e. The number of aryl methyl sites for hydroxylation is 1. The van der Waals surface area contributed by atoms with E-state index < -0.39 is 16.2 Å². The summed E-state index contributed by atoms with van der Waals surface area (Å²) in [6.07, 6.45) is 0. The van der Waals surface area contributed by atoms with Gasteiger partial charge in [-0.25, -0.2) is 4.79 Å². The Morgan fingerprint density at radius 1 is 1.12 bits per heavy atom. The van der Waals surface area contributed by atoms with Gasteiger partial charge in [-0.15, -0.1) is 0 Å². The normalized spacial score (nSPS) is 14.2. The van der Waals surface area contributed by atoms with Gasteiger partial charge in [-0.05, 0) is 17.7 Å². The van der Waals surface area contributed by atoms with Gasteiger partial charge in [-0.3, -0.25) is 33.4 Å². The van der Waals surface area contributed by atoms with Crippen LogP contribution in [0.5, 0.6) is 0 Å². The third kappa shape index (κ3) is 3.51. The van der Waals surface area contributed by atoms with Crippen molar-refractivity contribution in [2.75, 3.05) is 31.1 Å². The number of nitro groups is 1. The Balaban J connectivity index is 1.54. The van der Waals surface area contributed by atoms with E-state index in [2.05, 4.69) is 4.98 Å². The molecule has 1 fully saturated rings. The van der Waals surface area contributed by atoms with Crippen LogP contribution in [0.15, 0.2) is 33.9 Å². The molecule has 4 rings (SSSR count). The number of carbonyl (C=O) groups excluding carboxylic acids is 1. The second kappa shape index (κ2) is 8.11. The molecule has 0 saturated carbocycles. The second-order valence-corrected chi connectivity index (χ2v) is 7.80. The van der Waals surface area contributed by atoms with Crippen molar-refractivity contribution in [2.45, 2.75) is 6.54 Å². The smallest absolute Gasteiger partial charge is 0.332 e. The summed E-state index contributed by atoms with van der Waals surface area (Å²) in [4.78, 5) is 56.1. The summed E-state index contributed by atoms with van der Waals surface area (Å²) in [6, 6.07) is 6.49. The van der Waals surface area contributed by atoms with Crippen molar-refractivity contribution < 1.29 is 9.72 Å². The number of benzene rings is 1. The van der Waals surface area contributed by atoms with E-state index in [0.717, 1.165) is 4.57 Å². The molecule has 0 atom stereocenters. The lowest BCUT2D eigenvalue weighted by Gasteiger charge is -2.35. The van der Waals surface area contributed by atoms with E-state index in [1.165, 1.54) is 29.3 Å². The van der Waals surface area contributed by atoms with Gasteiger partial charge in [0.2, 0.25) is 11.2 Å². The lowest BCUT2D eigenvalue weighted by atomic mass is 10.2. The molecular weight excluding hydrogens is 442 g/mol. The molecular formula is C19H20ClN7O5.